The van der Waals surface area contributed by atoms with E-state index in [1.165, 1.54) is 5.56 Å². The maximum absolute atomic E-state index is 5.83. The van der Waals surface area contributed by atoms with Gasteiger partial charge in [0, 0.05) is 13.1 Å². The Morgan fingerprint density at radius 3 is 2.55 bits per heavy atom. The summed E-state index contributed by atoms with van der Waals surface area (Å²) >= 11 is 0. The second-order valence-electron chi connectivity index (χ2n) is 6.15. The van der Waals surface area contributed by atoms with E-state index in [0.717, 1.165) is 31.1 Å². The van der Waals surface area contributed by atoms with Crippen molar-refractivity contribution < 1.29 is 9.47 Å². The van der Waals surface area contributed by atoms with Gasteiger partial charge < -0.3 is 15.2 Å². The van der Waals surface area contributed by atoms with Gasteiger partial charge in [-0.05, 0) is 36.2 Å². The Kier molecular flexibility index (Phi) is 4.89. The van der Waals surface area contributed by atoms with Gasteiger partial charge in [-0.15, -0.1) is 0 Å². The van der Waals surface area contributed by atoms with E-state index in [0.29, 0.717) is 19.8 Å². The number of benzene rings is 1. The zero-order valence-corrected chi connectivity index (χ0v) is 12.8. The van der Waals surface area contributed by atoms with Gasteiger partial charge in [0.15, 0.2) is 11.5 Å². The molecule has 0 amide bonds. The highest BCUT2D eigenvalue weighted by molar-refractivity contribution is 5.43. The predicted molar refractivity (Wildman–Crippen MR) is 81.2 cm³/mol. The van der Waals surface area contributed by atoms with E-state index in [1.54, 1.807) is 0 Å². The van der Waals surface area contributed by atoms with Crippen molar-refractivity contribution >= 4 is 0 Å². The van der Waals surface area contributed by atoms with Crippen LogP contribution in [0.4, 0.5) is 0 Å². The molecule has 4 heteroatoms. The van der Waals surface area contributed by atoms with Crippen molar-refractivity contribution in [3.05, 3.63) is 23.8 Å². The molecule has 1 aliphatic heterocycles. The molecule has 0 radical (unpaired) electrons. The normalized spacial score (nSPS) is 14.7. The average Bonchev–Trinajstić information content (AvgIpc) is 2.46. The van der Waals surface area contributed by atoms with Crippen LogP contribution in [-0.2, 0) is 6.54 Å². The standard InChI is InChI=1S/C16H26N2O2/c1-4-18(12-16(2,3)11-17)10-13-5-6-14-15(9-13)20-8-7-19-14/h5-6,9H,4,7-8,10-12,17H2,1-3H3. The second-order valence-corrected chi connectivity index (χ2v) is 6.15. The van der Waals surface area contributed by atoms with Crippen LogP contribution in [0.1, 0.15) is 26.3 Å². The Hall–Kier alpha value is -1.26. The summed E-state index contributed by atoms with van der Waals surface area (Å²) in [5.74, 6) is 1.72. The quantitative estimate of drug-likeness (QED) is 0.867. The molecule has 1 aromatic rings. The fourth-order valence-electron chi connectivity index (χ4n) is 2.39. The van der Waals surface area contributed by atoms with Gasteiger partial charge in [-0.25, -0.2) is 0 Å². The van der Waals surface area contributed by atoms with E-state index < -0.39 is 0 Å². The SMILES string of the molecule is CCN(Cc1ccc2c(c1)OCCO2)CC(C)(C)CN. The summed E-state index contributed by atoms with van der Waals surface area (Å²) < 4.78 is 11.2. The number of fused-ring (bicyclic) bond motifs is 1. The first-order chi connectivity index (χ1) is 9.54. The van der Waals surface area contributed by atoms with Gasteiger partial charge in [0.05, 0.1) is 0 Å². The highest BCUT2D eigenvalue weighted by atomic mass is 16.6. The van der Waals surface area contributed by atoms with Crippen molar-refractivity contribution in [1.82, 2.24) is 4.90 Å². The molecule has 1 aliphatic rings. The molecule has 1 heterocycles. The molecular formula is C16H26N2O2. The molecule has 0 spiro atoms. The van der Waals surface area contributed by atoms with Gasteiger partial charge in [0.2, 0.25) is 0 Å². The minimum atomic E-state index is 0.143. The number of hydrogen-bond acceptors (Lipinski definition) is 4. The summed E-state index contributed by atoms with van der Waals surface area (Å²) in [5, 5.41) is 0. The van der Waals surface area contributed by atoms with Crippen molar-refractivity contribution in [2.75, 3.05) is 32.8 Å². The molecule has 2 rings (SSSR count). The highest BCUT2D eigenvalue weighted by Gasteiger charge is 2.20. The molecule has 0 saturated heterocycles. The molecule has 1 aromatic carbocycles. The molecule has 20 heavy (non-hydrogen) atoms. The highest BCUT2D eigenvalue weighted by Crippen LogP contribution is 2.31. The van der Waals surface area contributed by atoms with Gasteiger partial charge >= 0.3 is 0 Å². The zero-order chi connectivity index (χ0) is 14.6. The summed E-state index contributed by atoms with van der Waals surface area (Å²) in [6.07, 6.45) is 0. The Labute approximate surface area is 121 Å². The number of ether oxygens (including phenoxy) is 2. The van der Waals surface area contributed by atoms with Crippen LogP contribution in [0.5, 0.6) is 11.5 Å². The third-order valence-electron chi connectivity index (χ3n) is 3.66. The summed E-state index contributed by atoms with van der Waals surface area (Å²) in [7, 11) is 0. The molecular weight excluding hydrogens is 252 g/mol. The van der Waals surface area contributed by atoms with Gasteiger partial charge in [-0.3, -0.25) is 4.90 Å². The first-order valence-corrected chi connectivity index (χ1v) is 7.35. The number of rotatable bonds is 6. The first kappa shape index (κ1) is 15.1. The Balaban J connectivity index is 2.04. The van der Waals surface area contributed by atoms with Crippen LogP contribution in [-0.4, -0.2) is 37.7 Å². The third-order valence-corrected chi connectivity index (χ3v) is 3.66. The topological polar surface area (TPSA) is 47.7 Å². The Morgan fingerprint density at radius 1 is 1.20 bits per heavy atom. The fourth-order valence-corrected chi connectivity index (χ4v) is 2.39. The van der Waals surface area contributed by atoms with E-state index >= 15 is 0 Å². The smallest absolute Gasteiger partial charge is 0.161 e. The lowest BCUT2D eigenvalue weighted by Gasteiger charge is -2.31. The van der Waals surface area contributed by atoms with Crippen LogP contribution in [0.25, 0.3) is 0 Å². The molecule has 0 saturated carbocycles. The van der Waals surface area contributed by atoms with E-state index in [-0.39, 0.29) is 5.41 Å². The Morgan fingerprint density at radius 2 is 1.90 bits per heavy atom. The molecule has 112 valence electrons. The van der Waals surface area contributed by atoms with Crippen molar-refractivity contribution in [1.29, 1.82) is 0 Å². The maximum Gasteiger partial charge on any atom is 0.161 e. The lowest BCUT2D eigenvalue weighted by atomic mass is 9.93. The van der Waals surface area contributed by atoms with E-state index in [1.807, 2.05) is 6.07 Å². The second kappa shape index (κ2) is 6.46. The van der Waals surface area contributed by atoms with Crippen LogP contribution in [0.3, 0.4) is 0 Å². The van der Waals surface area contributed by atoms with Crippen molar-refractivity contribution in [3.8, 4) is 11.5 Å². The maximum atomic E-state index is 5.83. The number of hydrogen-bond donors (Lipinski definition) is 1. The van der Waals surface area contributed by atoms with Crippen LogP contribution < -0.4 is 15.2 Å². The van der Waals surface area contributed by atoms with E-state index in [9.17, 15) is 0 Å². The minimum absolute atomic E-state index is 0.143. The zero-order valence-electron chi connectivity index (χ0n) is 12.8. The molecule has 0 aromatic heterocycles. The summed E-state index contributed by atoms with van der Waals surface area (Å²) in [6, 6.07) is 6.21. The van der Waals surface area contributed by atoms with Gasteiger partial charge in [0.1, 0.15) is 13.2 Å². The monoisotopic (exact) mass is 278 g/mol. The summed E-state index contributed by atoms with van der Waals surface area (Å²) in [5.41, 5.74) is 7.23. The number of nitrogens with two attached hydrogens (primary N) is 1. The van der Waals surface area contributed by atoms with E-state index in [4.69, 9.17) is 15.2 Å². The van der Waals surface area contributed by atoms with Crippen molar-refractivity contribution in [3.63, 3.8) is 0 Å². The van der Waals surface area contributed by atoms with Crippen LogP contribution in [0, 0.1) is 5.41 Å². The summed E-state index contributed by atoms with van der Waals surface area (Å²) in [4.78, 5) is 2.41. The summed E-state index contributed by atoms with van der Waals surface area (Å²) in [6.45, 7) is 11.5. The molecule has 0 aliphatic carbocycles. The van der Waals surface area contributed by atoms with Gasteiger partial charge in [0.25, 0.3) is 0 Å². The number of nitrogens with zero attached hydrogens (tertiary/aromatic N) is 1. The Bertz CT molecular complexity index is 446. The fraction of sp³-hybridized carbons (Fsp3) is 0.625. The van der Waals surface area contributed by atoms with Gasteiger partial charge in [-0.2, -0.15) is 0 Å². The lowest BCUT2D eigenvalue weighted by Crippen LogP contribution is -2.38. The first-order valence-electron chi connectivity index (χ1n) is 7.35. The molecule has 0 fully saturated rings. The lowest BCUT2D eigenvalue weighted by molar-refractivity contribution is 0.169. The van der Waals surface area contributed by atoms with Crippen LogP contribution in [0.2, 0.25) is 0 Å². The van der Waals surface area contributed by atoms with Crippen LogP contribution >= 0.6 is 0 Å². The van der Waals surface area contributed by atoms with E-state index in [2.05, 4.69) is 37.8 Å². The van der Waals surface area contributed by atoms with Crippen molar-refractivity contribution in [2.45, 2.75) is 27.3 Å². The molecule has 2 N–H and O–H groups in total. The van der Waals surface area contributed by atoms with Crippen LogP contribution in [0.15, 0.2) is 18.2 Å². The third kappa shape index (κ3) is 3.87. The molecule has 0 bridgehead atoms. The average molecular weight is 278 g/mol. The predicted octanol–water partition coefficient (Wildman–Crippen LogP) is 2.26. The molecule has 0 atom stereocenters. The largest absolute Gasteiger partial charge is 0.486 e. The van der Waals surface area contributed by atoms with Crippen molar-refractivity contribution in [2.24, 2.45) is 11.1 Å². The van der Waals surface area contributed by atoms with Gasteiger partial charge in [-0.1, -0.05) is 26.8 Å². The molecule has 0 unspecified atom stereocenters. The molecule has 4 nitrogen and oxygen atoms in total. The minimum Gasteiger partial charge on any atom is -0.486 e.